The van der Waals surface area contributed by atoms with Crippen LogP contribution in [0.5, 0.6) is 0 Å². The van der Waals surface area contributed by atoms with E-state index in [1.165, 1.54) is 55.9 Å². The van der Waals surface area contributed by atoms with E-state index in [-0.39, 0.29) is 0 Å². The molecule has 1 saturated carbocycles. The molecular formula is C9H17ClS. The maximum absolute atomic E-state index is 5.54. The molecule has 1 aliphatic carbocycles. The van der Waals surface area contributed by atoms with Crippen molar-refractivity contribution in [3.05, 3.63) is 0 Å². The molecule has 66 valence electrons. The topological polar surface area (TPSA) is 0 Å². The lowest BCUT2D eigenvalue weighted by atomic mass is 9.86. The van der Waals surface area contributed by atoms with Crippen molar-refractivity contribution in [2.45, 2.75) is 44.9 Å². The fraction of sp³-hybridized carbons (Fsp3) is 1.00. The predicted octanol–water partition coefficient (Wildman–Crippen LogP) is 4.23. The summed E-state index contributed by atoms with van der Waals surface area (Å²) in [6.07, 6.45) is 10.1. The molecule has 1 aliphatic rings. The van der Waals surface area contributed by atoms with Crippen LogP contribution in [0.4, 0.5) is 0 Å². The molecule has 0 aromatic rings. The second kappa shape index (κ2) is 6.19. The first-order valence-corrected chi connectivity index (χ1v) is 6.48. The molecule has 0 spiro atoms. The van der Waals surface area contributed by atoms with Gasteiger partial charge < -0.3 is 0 Å². The summed E-state index contributed by atoms with van der Waals surface area (Å²) in [6, 6.07) is 0. The van der Waals surface area contributed by atoms with Crippen LogP contribution in [0.2, 0.25) is 0 Å². The zero-order valence-electron chi connectivity index (χ0n) is 7.02. The molecule has 0 unspecified atom stereocenters. The zero-order chi connectivity index (χ0) is 7.94. The van der Waals surface area contributed by atoms with Gasteiger partial charge in [0.15, 0.2) is 0 Å². The standard InChI is InChI=1S/C9H17ClS/c10-11-8-4-7-9-5-2-1-3-6-9/h9H,1-8H2. The molecule has 11 heavy (non-hydrogen) atoms. The molecule has 0 aromatic carbocycles. The van der Waals surface area contributed by atoms with Crippen LogP contribution in [-0.2, 0) is 0 Å². The van der Waals surface area contributed by atoms with E-state index in [2.05, 4.69) is 0 Å². The third-order valence-corrected chi connectivity index (χ3v) is 3.46. The predicted molar refractivity (Wildman–Crippen MR) is 54.1 cm³/mol. The smallest absolute Gasteiger partial charge is 0.00853 e. The van der Waals surface area contributed by atoms with Crippen molar-refractivity contribution in [1.29, 1.82) is 0 Å². The van der Waals surface area contributed by atoms with Gasteiger partial charge in [-0.05, 0) is 29.4 Å². The Balaban J connectivity index is 1.96. The van der Waals surface area contributed by atoms with E-state index in [4.69, 9.17) is 10.7 Å². The maximum atomic E-state index is 5.54. The van der Waals surface area contributed by atoms with Gasteiger partial charge in [0.1, 0.15) is 0 Å². The minimum atomic E-state index is 1.03. The number of hydrogen-bond donors (Lipinski definition) is 0. The quantitative estimate of drug-likeness (QED) is 0.601. The van der Waals surface area contributed by atoms with Gasteiger partial charge in [0.25, 0.3) is 0 Å². The number of rotatable bonds is 4. The normalized spacial score (nSPS) is 20.5. The van der Waals surface area contributed by atoms with E-state index >= 15 is 0 Å². The fourth-order valence-corrected chi connectivity index (χ4v) is 2.51. The first-order chi connectivity index (χ1) is 5.43. The SMILES string of the molecule is ClSCCCC1CCCCC1. The van der Waals surface area contributed by atoms with E-state index in [9.17, 15) is 0 Å². The summed E-state index contributed by atoms with van der Waals surface area (Å²) in [4.78, 5) is 0. The summed E-state index contributed by atoms with van der Waals surface area (Å²) in [7, 11) is 7.00. The van der Waals surface area contributed by atoms with Crippen molar-refractivity contribution in [3.8, 4) is 0 Å². The van der Waals surface area contributed by atoms with Gasteiger partial charge in [0.2, 0.25) is 0 Å². The highest BCUT2D eigenvalue weighted by Gasteiger charge is 2.12. The van der Waals surface area contributed by atoms with Gasteiger partial charge in [0, 0.05) is 5.75 Å². The Bertz CT molecular complexity index is 89.6. The van der Waals surface area contributed by atoms with Crippen LogP contribution in [0, 0.1) is 5.92 Å². The molecule has 1 rings (SSSR count). The Morgan fingerprint density at radius 1 is 1.18 bits per heavy atom. The highest BCUT2D eigenvalue weighted by Crippen LogP contribution is 2.27. The Hall–Kier alpha value is 0.640. The molecule has 0 saturated heterocycles. The summed E-state index contributed by atoms with van der Waals surface area (Å²) in [5.74, 6) is 2.17. The Labute approximate surface area is 78.6 Å². The molecule has 0 aliphatic heterocycles. The van der Waals surface area contributed by atoms with Crippen molar-refractivity contribution >= 4 is 21.7 Å². The maximum Gasteiger partial charge on any atom is 0.00853 e. The second-order valence-corrected chi connectivity index (χ2v) is 4.74. The van der Waals surface area contributed by atoms with E-state index in [1.807, 2.05) is 0 Å². The summed E-state index contributed by atoms with van der Waals surface area (Å²) < 4.78 is 0. The number of halogens is 1. The minimum Gasteiger partial charge on any atom is -0.0558 e. The van der Waals surface area contributed by atoms with Crippen LogP contribution >= 0.6 is 21.7 Å². The van der Waals surface area contributed by atoms with Crippen molar-refractivity contribution in [2.75, 3.05) is 5.75 Å². The number of hydrogen-bond acceptors (Lipinski definition) is 1. The van der Waals surface area contributed by atoms with Crippen molar-refractivity contribution in [3.63, 3.8) is 0 Å². The van der Waals surface area contributed by atoms with Crippen molar-refractivity contribution in [1.82, 2.24) is 0 Å². The van der Waals surface area contributed by atoms with Crippen LogP contribution in [0.15, 0.2) is 0 Å². The van der Waals surface area contributed by atoms with Crippen molar-refractivity contribution in [2.24, 2.45) is 5.92 Å². The van der Waals surface area contributed by atoms with Crippen LogP contribution < -0.4 is 0 Å². The lowest BCUT2D eigenvalue weighted by molar-refractivity contribution is 0.337. The summed E-state index contributed by atoms with van der Waals surface area (Å²) in [5, 5.41) is 0. The van der Waals surface area contributed by atoms with Gasteiger partial charge in [-0.1, -0.05) is 43.1 Å². The Morgan fingerprint density at radius 2 is 1.91 bits per heavy atom. The van der Waals surface area contributed by atoms with Crippen LogP contribution in [0.25, 0.3) is 0 Å². The zero-order valence-corrected chi connectivity index (χ0v) is 8.59. The van der Waals surface area contributed by atoms with Crippen molar-refractivity contribution < 1.29 is 0 Å². The molecule has 0 atom stereocenters. The Morgan fingerprint density at radius 3 is 2.55 bits per heavy atom. The minimum absolute atomic E-state index is 1.03. The Kier molecular flexibility index (Phi) is 5.47. The van der Waals surface area contributed by atoms with Gasteiger partial charge >= 0.3 is 0 Å². The molecule has 0 aromatic heterocycles. The van der Waals surface area contributed by atoms with Crippen LogP contribution in [-0.4, -0.2) is 5.75 Å². The monoisotopic (exact) mass is 192 g/mol. The molecule has 0 radical (unpaired) electrons. The molecule has 0 bridgehead atoms. The van der Waals surface area contributed by atoms with Gasteiger partial charge in [-0.15, -0.1) is 0 Å². The van der Waals surface area contributed by atoms with E-state index in [0.29, 0.717) is 0 Å². The third-order valence-electron chi connectivity index (χ3n) is 2.56. The average Bonchev–Trinajstić information content (AvgIpc) is 2.07. The molecular weight excluding hydrogens is 176 g/mol. The molecule has 0 nitrogen and oxygen atoms in total. The van der Waals surface area contributed by atoms with Gasteiger partial charge in [-0.25, -0.2) is 0 Å². The molecule has 0 amide bonds. The highest BCUT2D eigenvalue weighted by atomic mass is 35.7. The second-order valence-electron chi connectivity index (χ2n) is 3.46. The lowest BCUT2D eigenvalue weighted by Crippen LogP contribution is -2.05. The lowest BCUT2D eigenvalue weighted by Gasteiger charge is -2.20. The van der Waals surface area contributed by atoms with Gasteiger partial charge in [0.05, 0.1) is 0 Å². The van der Waals surface area contributed by atoms with Crippen LogP contribution in [0.1, 0.15) is 44.9 Å². The van der Waals surface area contributed by atoms with Crippen LogP contribution in [0.3, 0.4) is 0 Å². The first-order valence-electron chi connectivity index (χ1n) is 4.67. The highest BCUT2D eigenvalue weighted by molar-refractivity contribution is 8.21. The first kappa shape index (κ1) is 9.73. The molecule has 0 N–H and O–H groups in total. The largest absolute Gasteiger partial charge is 0.0558 e. The fourth-order valence-electron chi connectivity index (χ4n) is 1.90. The van der Waals surface area contributed by atoms with Gasteiger partial charge in [-0.3, -0.25) is 0 Å². The summed E-state index contributed by atoms with van der Waals surface area (Å²) >= 11 is 0. The summed E-state index contributed by atoms with van der Waals surface area (Å²) in [5.41, 5.74) is 0. The molecule has 2 heteroatoms. The molecule has 0 heterocycles. The molecule has 1 fully saturated rings. The third kappa shape index (κ3) is 4.27. The van der Waals surface area contributed by atoms with E-state index in [1.54, 1.807) is 0 Å². The van der Waals surface area contributed by atoms with E-state index < -0.39 is 0 Å². The summed E-state index contributed by atoms with van der Waals surface area (Å²) in [6.45, 7) is 0. The van der Waals surface area contributed by atoms with Gasteiger partial charge in [-0.2, -0.15) is 0 Å². The average molecular weight is 193 g/mol. The van der Waals surface area contributed by atoms with E-state index in [0.717, 1.165) is 11.7 Å².